The number of aromatic nitrogens is 3. The van der Waals surface area contributed by atoms with Crippen molar-refractivity contribution in [3.8, 4) is 0 Å². The fourth-order valence-electron chi connectivity index (χ4n) is 4.23. The van der Waals surface area contributed by atoms with Crippen molar-refractivity contribution in [1.82, 2.24) is 19.4 Å². The van der Waals surface area contributed by atoms with Crippen LogP contribution in [0, 0.1) is 13.8 Å². The van der Waals surface area contributed by atoms with Gasteiger partial charge in [-0.3, -0.25) is 9.78 Å². The standard InChI is InChI=1S/C23H27N5O/c1-17-15-21(19(3)28(17)18(2)20-7-5-4-6-8-20)23(29)27-13-11-26(12-14-27)22-16-24-9-10-25-22/h4-10,15-16,18H,11-14H2,1-3H3. The lowest BCUT2D eigenvalue weighted by molar-refractivity contribution is 0.0745. The molecule has 1 unspecified atom stereocenters. The number of hydrogen-bond acceptors (Lipinski definition) is 4. The second-order valence-electron chi connectivity index (χ2n) is 7.58. The molecule has 1 atom stereocenters. The van der Waals surface area contributed by atoms with Crippen molar-refractivity contribution < 1.29 is 4.79 Å². The normalized spacial score (nSPS) is 15.4. The van der Waals surface area contributed by atoms with Crippen LogP contribution in [0.5, 0.6) is 0 Å². The molecule has 0 N–H and O–H groups in total. The van der Waals surface area contributed by atoms with Gasteiger partial charge in [0.1, 0.15) is 5.82 Å². The van der Waals surface area contributed by atoms with E-state index < -0.39 is 0 Å². The zero-order valence-electron chi connectivity index (χ0n) is 17.2. The minimum absolute atomic E-state index is 0.114. The summed E-state index contributed by atoms with van der Waals surface area (Å²) < 4.78 is 2.26. The number of benzene rings is 1. The first-order valence-electron chi connectivity index (χ1n) is 10.1. The van der Waals surface area contributed by atoms with Gasteiger partial charge in [0.15, 0.2) is 0 Å². The van der Waals surface area contributed by atoms with Gasteiger partial charge in [0.25, 0.3) is 5.91 Å². The van der Waals surface area contributed by atoms with E-state index in [-0.39, 0.29) is 11.9 Å². The Morgan fingerprint density at radius 1 is 1.03 bits per heavy atom. The van der Waals surface area contributed by atoms with Crippen LogP contribution in [0.1, 0.15) is 40.3 Å². The maximum absolute atomic E-state index is 13.3. The van der Waals surface area contributed by atoms with E-state index in [1.54, 1.807) is 18.6 Å². The van der Waals surface area contributed by atoms with Crippen LogP contribution in [0.25, 0.3) is 0 Å². The maximum atomic E-state index is 13.3. The zero-order chi connectivity index (χ0) is 20.4. The molecule has 6 heteroatoms. The minimum Gasteiger partial charge on any atom is -0.352 e. The van der Waals surface area contributed by atoms with E-state index in [1.807, 2.05) is 17.0 Å². The van der Waals surface area contributed by atoms with E-state index in [2.05, 4.69) is 64.5 Å². The summed E-state index contributed by atoms with van der Waals surface area (Å²) >= 11 is 0. The van der Waals surface area contributed by atoms with Gasteiger partial charge in [-0.05, 0) is 32.4 Å². The van der Waals surface area contributed by atoms with Gasteiger partial charge >= 0.3 is 0 Å². The molecule has 0 bridgehead atoms. The number of aryl methyl sites for hydroxylation is 1. The number of amides is 1. The summed E-state index contributed by atoms with van der Waals surface area (Å²) in [4.78, 5) is 25.9. The molecular weight excluding hydrogens is 362 g/mol. The highest BCUT2D eigenvalue weighted by Crippen LogP contribution is 2.26. The van der Waals surface area contributed by atoms with Crippen LogP contribution in [0.2, 0.25) is 0 Å². The summed E-state index contributed by atoms with van der Waals surface area (Å²) in [6.07, 6.45) is 5.15. The molecule has 1 aliphatic rings. The summed E-state index contributed by atoms with van der Waals surface area (Å²) in [6, 6.07) is 12.6. The molecule has 1 saturated heterocycles. The van der Waals surface area contributed by atoms with Crippen molar-refractivity contribution in [3.63, 3.8) is 0 Å². The predicted octanol–water partition coefficient (Wildman–Crippen LogP) is 3.47. The molecule has 1 amide bonds. The SMILES string of the molecule is Cc1cc(C(=O)N2CCN(c3cnccn3)CC2)c(C)n1C(C)c1ccccc1. The van der Waals surface area contributed by atoms with E-state index in [0.29, 0.717) is 13.1 Å². The highest BCUT2D eigenvalue weighted by Gasteiger charge is 2.26. The molecule has 6 nitrogen and oxygen atoms in total. The monoisotopic (exact) mass is 389 g/mol. The first kappa shape index (κ1) is 19.2. The van der Waals surface area contributed by atoms with Crippen LogP contribution in [-0.2, 0) is 0 Å². The van der Waals surface area contributed by atoms with Gasteiger partial charge in [-0.25, -0.2) is 4.98 Å². The van der Waals surface area contributed by atoms with Gasteiger partial charge in [0.05, 0.1) is 17.8 Å². The fourth-order valence-corrected chi connectivity index (χ4v) is 4.23. The van der Waals surface area contributed by atoms with Gasteiger partial charge in [-0.2, -0.15) is 0 Å². The van der Waals surface area contributed by atoms with Gasteiger partial charge in [0, 0.05) is 50.0 Å². The first-order chi connectivity index (χ1) is 14.1. The molecule has 0 spiro atoms. The van der Waals surface area contributed by atoms with E-state index in [1.165, 1.54) is 5.56 Å². The third kappa shape index (κ3) is 3.75. The molecule has 0 radical (unpaired) electrons. The van der Waals surface area contributed by atoms with Gasteiger partial charge in [-0.15, -0.1) is 0 Å². The molecule has 3 heterocycles. The number of rotatable bonds is 4. The van der Waals surface area contributed by atoms with Crippen LogP contribution in [-0.4, -0.2) is 51.5 Å². The Bertz CT molecular complexity index is 975. The van der Waals surface area contributed by atoms with Crippen molar-refractivity contribution >= 4 is 11.7 Å². The Kier molecular flexibility index (Phi) is 5.34. The lowest BCUT2D eigenvalue weighted by atomic mass is 10.1. The summed E-state index contributed by atoms with van der Waals surface area (Å²) in [5.74, 6) is 0.984. The van der Waals surface area contributed by atoms with Gasteiger partial charge in [-0.1, -0.05) is 30.3 Å². The van der Waals surface area contributed by atoms with Gasteiger partial charge < -0.3 is 14.4 Å². The molecule has 4 rings (SSSR count). The highest BCUT2D eigenvalue weighted by molar-refractivity contribution is 5.96. The Morgan fingerprint density at radius 2 is 1.76 bits per heavy atom. The largest absolute Gasteiger partial charge is 0.352 e. The molecule has 150 valence electrons. The van der Waals surface area contributed by atoms with Gasteiger partial charge in [0.2, 0.25) is 0 Å². The Hall–Kier alpha value is -3.15. The molecule has 2 aromatic heterocycles. The molecule has 1 aliphatic heterocycles. The lowest BCUT2D eigenvalue weighted by Gasteiger charge is -2.35. The summed E-state index contributed by atoms with van der Waals surface area (Å²) in [7, 11) is 0. The number of carbonyl (C=O) groups is 1. The predicted molar refractivity (Wildman–Crippen MR) is 114 cm³/mol. The van der Waals surface area contributed by atoms with E-state index >= 15 is 0 Å². The van der Waals surface area contributed by atoms with Crippen LogP contribution in [0.4, 0.5) is 5.82 Å². The van der Waals surface area contributed by atoms with Crippen molar-refractivity contribution in [3.05, 3.63) is 77.5 Å². The third-order valence-corrected chi connectivity index (χ3v) is 5.82. The highest BCUT2D eigenvalue weighted by atomic mass is 16.2. The number of nitrogens with zero attached hydrogens (tertiary/aromatic N) is 5. The molecule has 29 heavy (non-hydrogen) atoms. The van der Waals surface area contributed by atoms with Crippen LogP contribution in [0.15, 0.2) is 55.0 Å². The van der Waals surface area contributed by atoms with Crippen LogP contribution >= 0.6 is 0 Å². The minimum atomic E-state index is 0.114. The second kappa shape index (κ2) is 8.07. The third-order valence-electron chi connectivity index (χ3n) is 5.82. The maximum Gasteiger partial charge on any atom is 0.255 e. The van der Waals surface area contributed by atoms with Crippen molar-refractivity contribution in [1.29, 1.82) is 0 Å². The fraction of sp³-hybridized carbons (Fsp3) is 0.348. The summed E-state index contributed by atoms with van der Waals surface area (Å²) in [6.45, 7) is 9.22. The van der Waals surface area contributed by atoms with E-state index in [9.17, 15) is 4.79 Å². The summed E-state index contributed by atoms with van der Waals surface area (Å²) in [5.41, 5.74) is 4.18. The molecule has 0 aliphatic carbocycles. The van der Waals surface area contributed by atoms with Crippen molar-refractivity contribution in [2.24, 2.45) is 0 Å². The molecule has 3 aromatic rings. The molecular formula is C23H27N5O. The topological polar surface area (TPSA) is 54.3 Å². The summed E-state index contributed by atoms with van der Waals surface area (Å²) in [5, 5.41) is 0. The zero-order valence-corrected chi connectivity index (χ0v) is 17.2. The number of piperazine rings is 1. The van der Waals surface area contributed by atoms with E-state index in [4.69, 9.17) is 0 Å². The van der Waals surface area contributed by atoms with Crippen LogP contribution in [0.3, 0.4) is 0 Å². The Morgan fingerprint density at radius 3 is 2.41 bits per heavy atom. The molecule has 1 fully saturated rings. The van der Waals surface area contributed by atoms with Crippen molar-refractivity contribution in [2.75, 3.05) is 31.1 Å². The number of carbonyl (C=O) groups excluding carboxylic acids is 1. The molecule has 1 aromatic carbocycles. The average Bonchev–Trinajstić information content (AvgIpc) is 3.08. The second-order valence-corrected chi connectivity index (χ2v) is 7.58. The molecule has 0 saturated carbocycles. The quantitative estimate of drug-likeness (QED) is 0.686. The Balaban J connectivity index is 1.50. The smallest absolute Gasteiger partial charge is 0.255 e. The first-order valence-corrected chi connectivity index (χ1v) is 10.1. The number of anilines is 1. The lowest BCUT2D eigenvalue weighted by Crippen LogP contribution is -2.49. The van der Waals surface area contributed by atoms with Crippen molar-refractivity contribution in [2.45, 2.75) is 26.8 Å². The Labute approximate surface area is 171 Å². The van der Waals surface area contributed by atoms with Crippen LogP contribution < -0.4 is 4.90 Å². The number of hydrogen-bond donors (Lipinski definition) is 0. The van der Waals surface area contributed by atoms with E-state index in [0.717, 1.165) is 35.9 Å². The average molecular weight is 390 g/mol.